The maximum absolute atomic E-state index is 14.3. The third kappa shape index (κ3) is 5.46. The van der Waals surface area contributed by atoms with Gasteiger partial charge in [0.05, 0.1) is 16.8 Å². The number of halogens is 2. The van der Waals surface area contributed by atoms with Crippen LogP contribution in [0.2, 0.25) is 0 Å². The Morgan fingerprint density at radius 2 is 1.74 bits per heavy atom. The summed E-state index contributed by atoms with van der Waals surface area (Å²) in [7, 11) is -4.22. The Morgan fingerprint density at radius 3 is 2.39 bits per heavy atom. The predicted molar refractivity (Wildman–Crippen MR) is 140 cm³/mol. The van der Waals surface area contributed by atoms with Gasteiger partial charge >= 0.3 is 16.1 Å². The number of benzene rings is 3. The van der Waals surface area contributed by atoms with Crippen LogP contribution in [0.5, 0.6) is 11.5 Å². The molecule has 4 rings (SSSR count). The maximum Gasteiger partial charge on any atom is 0.339 e. The number of nitrogens with one attached hydrogen (secondary N) is 1. The second-order valence-corrected chi connectivity index (χ2v) is 10.4. The zero-order chi connectivity index (χ0) is 27.6. The highest BCUT2D eigenvalue weighted by atomic mass is 79.9. The van der Waals surface area contributed by atoms with Gasteiger partial charge in [-0.3, -0.25) is 14.9 Å². The summed E-state index contributed by atoms with van der Waals surface area (Å²) >= 11 is 3.27. The van der Waals surface area contributed by atoms with Crippen molar-refractivity contribution < 1.29 is 36.1 Å². The van der Waals surface area contributed by atoms with Crippen molar-refractivity contribution in [2.24, 2.45) is 0 Å². The normalized spacial score (nSPS) is 15.0. The number of hydrogen-bond donors (Lipinski definition) is 1. The van der Waals surface area contributed by atoms with Crippen LogP contribution in [0.4, 0.5) is 14.9 Å². The van der Waals surface area contributed by atoms with Gasteiger partial charge < -0.3 is 8.92 Å². The van der Waals surface area contributed by atoms with Gasteiger partial charge in [0.1, 0.15) is 16.3 Å². The Bertz CT molecular complexity index is 1590. The van der Waals surface area contributed by atoms with Gasteiger partial charge in [-0.1, -0.05) is 29.8 Å². The van der Waals surface area contributed by atoms with E-state index in [-0.39, 0.29) is 38.7 Å². The number of para-hydroxylation sites is 1. The number of amides is 4. The molecule has 1 heterocycles. The summed E-state index contributed by atoms with van der Waals surface area (Å²) in [6.45, 7) is 3.63. The van der Waals surface area contributed by atoms with Crippen LogP contribution in [0.3, 0.4) is 0 Å². The van der Waals surface area contributed by atoms with Crippen LogP contribution < -0.4 is 19.1 Å². The second kappa shape index (κ2) is 10.8. The van der Waals surface area contributed by atoms with E-state index in [2.05, 4.69) is 15.9 Å². The number of urea groups is 1. The van der Waals surface area contributed by atoms with E-state index < -0.39 is 39.4 Å². The van der Waals surface area contributed by atoms with Gasteiger partial charge in [-0.05, 0) is 77.8 Å². The molecule has 38 heavy (non-hydrogen) atoms. The lowest BCUT2D eigenvalue weighted by molar-refractivity contribution is -0.122. The number of hydrogen-bond acceptors (Lipinski definition) is 7. The van der Waals surface area contributed by atoms with Gasteiger partial charge in [0.15, 0.2) is 11.5 Å². The molecule has 0 spiro atoms. The van der Waals surface area contributed by atoms with Crippen molar-refractivity contribution in [3.63, 3.8) is 0 Å². The Hall–Kier alpha value is -4.03. The monoisotopic (exact) mass is 602 g/mol. The van der Waals surface area contributed by atoms with E-state index >= 15 is 0 Å². The largest absolute Gasteiger partial charge is 0.490 e. The lowest BCUT2D eigenvalue weighted by Crippen LogP contribution is -2.54. The van der Waals surface area contributed by atoms with Crippen LogP contribution in [0, 0.1) is 12.7 Å². The second-order valence-electron chi connectivity index (χ2n) is 8.02. The van der Waals surface area contributed by atoms with Crippen molar-refractivity contribution in [1.29, 1.82) is 0 Å². The lowest BCUT2D eigenvalue weighted by atomic mass is 10.1. The van der Waals surface area contributed by atoms with Crippen molar-refractivity contribution >= 4 is 55.7 Å². The topological polar surface area (TPSA) is 119 Å². The number of ether oxygens (including phenoxy) is 1. The molecule has 4 amide bonds. The fourth-order valence-electron chi connectivity index (χ4n) is 3.55. The number of carbonyl (C=O) groups excluding carboxylic acids is 3. The number of barbiturate groups is 1. The minimum atomic E-state index is -4.22. The molecule has 3 aromatic rings. The summed E-state index contributed by atoms with van der Waals surface area (Å²) in [6.07, 6.45) is 1.17. The summed E-state index contributed by atoms with van der Waals surface area (Å²) < 4.78 is 51.1. The zero-order valence-electron chi connectivity index (χ0n) is 20.0. The van der Waals surface area contributed by atoms with E-state index in [1.165, 1.54) is 48.5 Å². The number of carbonyl (C=O) groups is 3. The van der Waals surface area contributed by atoms with Crippen molar-refractivity contribution in [2.75, 3.05) is 11.5 Å². The molecule has 0 aliphatic carbocycles. The maximum atomic E-state index is 14.3. The molecular weight excluding hydrogens is 583 g/mol. The molecule has 0 unspecified atom stereocenters. The van der Waals surface area contributed by atoms with Crippen molar-refractivity contribution in [1.82, 2.24) is 5.32 Å². The molecule has 196 valence electrons. The van der Waals surface area contributed by atoms with Gasteiger partial charge in [0, 0.05) is 0 Å². The van der Waals surface area contributed by atoms with Gasteiger partial charge in [0.25, 0.3) is 11.8 Å². The first-order valence-electron chi connectivity index (χ1n) is 11.2. The van der Waals surface area contributed by atoms with Crippen molar-refractivity contribution in [3.05, 3.63) is 87.7 Å². The molecule has 1 aliphatic heterocycles. The summed E-state index contributed by atoms with van der Waals surface area (Å²) in [5.41, 5.74) is 0.327. The highest BCUT2D eigenvalue weighted by Gasteiger charge is 2.38. The molecule has 0 atom stereocenters. The van der Waals surface area contributed by atoms with E-state index in [1.807, 2.05) is 12.2 Å². The summed E-state index contributed by atoms with van der Waals surface area (Å²) in [4.78, 5) is 38.4. The fourth-order valence-corrected chi connectivity index (χ4v) is 5.16. The Morgan fingerprint density at radius 1 is 1.05 bits per heavy atom. The van der Waals surface area contributed by atoms with E-state index in [1.54, 1.807) is 19.1 Å². The molecule has 1 fully saturated rings. The van der Waals surface area contributed by atoms with Gasteiger partial charge in [-0.2, -0.15) is 8.42 Å². The van der Waals surface area contributed by atoms with Crippen LogP contribution in [-0.2, 0) is 19.7 Å². The predicted octanol–water partition coefficient (Wildman–Crippen LogP) is 4.73. The third-order valence-electron chi connectivity index (χ3n) is 5.34. The molecule has 12 heteroatoms. The smallest absolute Gasteiger partial charge is 0.339 e. The first-order valence-corrected chi connectivity index (χ1v) is 13.4. The molecular formula is C26H20BrFN2O7S. The number of rotatable bonds is 7. The highest BCUT2D eigenvalue weighted by Crippen LogP contribution is 2.39. The molecule has 0 aromatic heterocycles. The Labute approximate surface area is 226 Å². The van der Waals surface area contributed by atoms with Gasteiger partial charge in [0.2, 0.25) is 0 Å². The number of nitrogens with zero attached hydrogens (tertiary/aromatic N) is 1. The SMILES string of the molecule is CCOc1cc(/C=C2/C(=O)NC(=O)N(c3ccccc3F)C2=O)cc(Br)c1OS(=O)(=O)c1ccc(C)cc1. The summed E-state index contributed by atoms with van der Waals surface area (Å²) in [6, 6.07) is 12.9. The van der Waals surface area contributed by atoms with Crippen LogP contribution in [0.25, 0.3) is 6.08 Å². The first-order chi connectivity index (χ1) is 18.0. The average molecular weight is 603 g/mol. The van der Waals surface area contributed by atoms with Gasteiger partial charge in [-0.15, -0.1) is 0 Å². The van der Waals surface area contributed by atoms with Crippen LogP contribution >= 0.6 is 15.9 Å². The Balaban J connectivity index is 1.73. The van der Waals surface area contributed by atoms with E-state index in [0.29, 0.717) is 4.90 Å². The van der Waals surface area contributed by atoms with E-state index in [0.717, 1.165) is 11.6 Å². The van der Waals surface area contributed by atoms with Crippen molar-refractivity contribution in [3.8, 4) is 11.5 Å². The number of imide groups is 2. The molecule has 0 radical (unpaired) electrons. The zero-order valence-corrected chi connectivity index (χ0v) is 22.4. The summed E-state index contributed by atoms with van der Waals surface area (Å²) in [5.74, 6) is -2.99. The lowest BCUT2D eigenvalue weighted by Gasteiger charge is -2.26. The number of aryl methyl sites for hydroxylation is 1. The molecule has 1 saturated heterocycles. The van der Waals surface area contributed by atoms with Crippen LogP contribution in [-0.4, -0.2) is 32.9 Å². The fraction of sp³-hybridized carbons (Fsp3) is 0.115. The molecule has 9 nitrogen and oxygen atoms in total. The standard InChI is InChI=1S/C26H20BrFN2O7S/c1-3-36-22-14-16(13-19(27)23(22)37-38(34,35)17-10-8-15(2)9-11-17)12-18-24(31)29-26(33)30(25(18)32)21-7-5-4-6-20(21)28/h4-14H,3H2,1-2H3,(H,29,31,33)/b18-12-. The minimum absolute atomic E-state index is 0.00937. The molecule has 3 aromatic carbocycles. The third-order valence-corrected chi connectivity index (χ3v) is 7.17. The van der Waals surface area contributed by atoms with E-state index in [9.17, 15) is 27.2 Å². The Kier molecular flexibility index (Phi) is 7.65. The van der Waals surface area contributed by atoms with Gasteiger partial charge in [-0.25, -0.2) is 14.1 Å². The quantitative estimate of drug-likeness (QED) is 0.236. The first kappa shape index (κ1) is 27.0. The highest BCUT2D eigenvalue weighted by molar-refractivity contribution is 9.10. The van der Waals surface area contributed by atoms with Crippen LogP contribution in [0.1, 0.15) is 18.1 Å². The van der Waals surface area contributed by atoms with Crippen molar-refractivity contribution in [2.45, 2.75) is 18.7 Å². The molecule has 1 N–H and O–H groups in total. The molecule has 1 aliphatic rings. The average Bonchev–Trinajstić information content (AvgIpc) is 2.85. The van der Waals surface area contributed by atoms with Crippen LogP contribution in [0.15, 0.2) is 75.6 Å². The van der Waals surface area contributed by atoms with E-state index in [4.69, 9.17) is 8.92 Å². The molecule has 0 bridgehead atoms. The number of anilines is 1. The molecule has 0 saturated carbocycles. The summed E-state index contributed by atoms with van der Waals surface area (Å²) in [5, 5.41) is 2.02. The minimum Gasteiger partial charge on any atom is -0.490 e.